The first-order valence-electron chi connectivity index (χ1n) is 7.15. The third-order valence-corrected chi connectivity index (χ3v) is 4.72. The van der Waals surface area contributed by atoms with E-state index in [9.17, 15) is 14.4 Å². The highest BCUT2D eigenvalue weighted by atomic mass is 16.6. The van der Waals surface area contributed by atoms with Gasteiger partial charge in [0.1, 0.15) is 17.6 Å². The monoisotopic (exact) mass is 294 g/mol. The fourth-order valence-corrected chi connectivity index (χ4v) is 3.97. The van der Waals surface area contributed by atoms with Crippen LogP contribution >= 0.6 is 0 Å². The van der Waals surface area contributed by atoms with Crippen molar-refractivity contribution in [1.29, 1.82) is 0 Å². The first kappa shape index (κ1) is 14.1. The van der Waals surface area contributed by atoms with Crippen LogP contribution in [0.3, 0.4) is 0 Å². The topological polar surface area (TPSA) is 78.9 Å². The van der Waals surface area contributed by atoms with Gasteiger partial charge in [-0.05, 0) is 20.3 Å². The van der Waals surface area contributed by atoms with E-state index in [-0.39, 0.29) is 30.2 Å². The Kier molecular flexibility index (Phi) is 3.07. The lowest BCUT2D eigenvalue weighted by Crippen LogP contribution is -2.47. The maximum atomic E-state index is 12.3. The number of ether oxygens (including phenoxy) is 3. The van der Waals surface area contributed by atoms with Crippen molar-refractivity contribution in [2.24, 2.45) is 17.8 Å². The summed E-state index contributed by atoms with van der Waals surface area (Å²) in [6, 6.07) is 0. The Morgan fingerprint density at radius 1 is 1.43 bits per heavy atom. The molecule has 3 rings (SSSR count). The largest absolute Gasteiger partial charge is 0.466 e. The van der Waals surface area contributed by atoms with Crippen molar-refractivity contribution in [1.82, 2.24) is 0 Å². The van der Waals surface area contributed by atoms with Gasteiger partial charge in [0.15, 0.2) is 0 Å². The van der Waals surface area contributed by atoms with Crippen LogP contribution in [-0.2, 0) is 28.6 Å². The van der Waals surface area contributed by atoms with E-state index in [0.717, 1.165) is 0 Å². The zero-order valence-electron chi connectivity index (χ0n) is 12.1. The maximum absolute atomic E-state index is 12.3. The van der Waals surface area contributed by atoms with E-state index in [1.807, 2.05) is 0 Å². The number of esters is 3. The SMILES string of the molecule is C=C(C)C(=O)OC12CC3OC(=O)C(C3C1)C2C(=O)OCC. The van der Waals surface area contributed by atoms with Crippen LogP contribution in [0.25, 0.3) is 0 Å². The zero-order chi connectivity index (χ0) is 15.4. The first-order valence-corrected chi connectivity index (χ1v) is 7.15. The molecule has 0 aromatic carbocycles. The van der Waals surface area contributed by atoms with Crippen molar-refractivity contribution in [2.45, 2.75) is 38.4 Å². The van der Waals surface area contributed by atoms with Crippen LogP contribution in [0.5, 0.6) is 0 Å². The summed E-state index contributed by atoms with van der Waals surface area (Å²) in [5.41, 5.74) is -0.726. The van der Waals surface area contributed by atoms with Crippen LogP contribution in [0.15, 0.2) is 12.2 Å². The van der Waals surface area contributed by atoms with Gasteiger partial charge in [-0.2, -0.15) is 0 Å². The van der Waals surface area contributed by atoms with E-state index in [2.05, 4.69) is 6.58 Å². The molecule has 0 aromatic heterocycles. The van der Waals surface area contributed by atoms with Crippen LogP contribution < -0.4 is 0 Å². The van der Waals surface area contributed by atoms with E-state index in [4.69, 9.17) is 14.2 Å². The summed E-state index contributed by atoms with van der Waals surface area (Å²) in [5, 5.41) is 0. The summed E-state index contributed by atoms with van der Waals surface area (Å²) in [7, 11) is 0. The zero-order valence-corrected chi connectivity index (χ0v) is 12.1. The van der Waals surface area contributed by atoms with Crippen molar-refractivity contribution in [3.8, 4) is 0 Å². The lowest BCUT2D eigenvalue weighted by Gasteiger charge is -2.34. The van der Waals surface area contributed by atoms with Gasteiger partial charge in [0, 0.05) is 17.9 Å². The number of hydrogen-bond donors (Lipinski definition) is 0. The molecule has 0 spiro atoms. The second-order valence-electron chi connectivity index (χ2n) is 6.04. The molecule has 2 bridgehead atoms. The fraction of sp³-hybridized carbons (Fsp3) is 0.667. The minimum atomic E-state index is -0.992. The summed E-state index contributed by atoms with van der Waals surface area (Å²) in [6.45, 7) is 7.03. The van der Waals surface area contributed by atoms with Crippen molar-refractivity contribution in [3.63, 3.8) is 0 Å². The van der Waals surface area contributed by atoms with Gasteiger partial charge in [0.05, 0.1) is 12.5 Å². The summed E-state index contributed by atoms with van der Waals surface area (Å²) in [4.78, 5) is 36.2. The van der Waals surface area contributed by atoms with Crippen LogP contribution in [0.4, 0.5) is 0 Å². The molecule has 0 aromatic rings. The Hall–Kier alpha value is -1.85. The summed E-state index contributed by atoms with van der Waals surface area (Å²) >= 11 is 0. The highest BCUT2D eigenvalue weighted by molar-refractivity contribution is 5.90. The molecule has 114 valence electrons. The van der Waals surface area contributed by atoms with Gasteiger partial charge in [0.2, 0.25) is 0 Å². The molecule has 0 N–H and O–H groups in total. The normalized spacial score (nSPS) is 39.0. The van der Waals surface area contributed by atoms with E-state index >= 15 is 0 Å². The number of fused-ring (bicyclic) bond motifs is 1. The van der Waals surface area contributed by atoms with Gasteiger partial charge in [-0.3, -0.25) is 9.59 Å². The molecule has 3 aliphatic rings. The highest BCUT2D eigenvalue weighted by Gasteiger charge is 2.73. The van der Waals surface area contributed by atoms with Crippen molar-refractivity contribution >= 4 is 17.9 Å². The van der Waals surface area contributed by atoms with E-state index in [0.29, 0.717) is 12.8 Å². The van der Waals surface area contributed by atoms with Crippen LogP contribution in [-0.4, -0.2) is 36.2 Å². The quantitative estimate of drug-likeness (QED) is 0.437. The Morgan fingerprint density at radius 3 is 2.76 bits per heavy atom. The van der Waals surface area contributed by atoms with Gasteiger partial charge in [-0.1, -0.05) is 6.58 Å². The van der Waals surface area contributed by atoms with Gasteiger partial charge < -0.3 is 14.2 Å². The Morgan fingerprint density at radius 2 is 2.14 bits per heavy atom. The van der Waals surface area contributed by atoms with Crippen LogP contribution in [0.1, 0.15) is 26.7 Å². The van der Waals surface area contributed by atoms with Gasteiger partial charge in [-0.15, -0.1) is 0 Å². The number of hydrogen-bond acceptors (Lipinski definition) is 6. The molecule has 5 unspecified atom stereocenters. The molecule has 2 aliphatic carbocycles. The molecule has 2 saturated carbocycles. The predicted molar refractivity (Wildman–Crippen MR) is 69.9 cm³/mol. The number of carbonyl (C=O) groups is 3. The molecular weight excluding hydrogens is 276 g/mol. The molecule has 1 heterocycles. The Balaban J connectivity index is 1.94. The number of carbonyl (C=O) groups excluding carboxylic acids is 3. The highest BCUT2D eigenvalue weighted by Crippen LogP contribution is 2.61. The lowest BCUT2D eigenvalue weighted by atomic mass is 9.77. The molecule has 0 amide bonds. The molecule has 6 heteroatoms. The molecule has 6 nitrogen and oxygen atoms in total. The smallest absolute Gasteiger partial charge is 0.333 e. The lowest BCUT2D eigenvalue weighted by molar-refractivity contribution is -0.173. The van der Waals surface area contributed by atoms with Crippen molar-refractivity contribution in [3.05, 3.63) is 12.2 Å². The second kappa shape index (κ2) is 4.58. The average Bonchev–Trinajstić information content (AvgIpc) is 2.95. The van der Waals surface area contributed by atoms with Crippen molar-refractivity contribution in [2.75, 3.05) is 6.61 Å². The third-order valence-electron chi connectivity index (χ3n) is 4.72. The molecular formula is C15H18O6. The fourth-order valence-electron chi connectivity index (χ4n) is 3.97. The minimum Gasteiger partial charge on any atom is -0.466 e. The molecule has 3 fully saturated rings. The maximum Gasteiger partial charge on any atom is 0.333 e. The van der Waals surface area contributed by atoms with Gasteiger partial charge in [0.25, 0.3) is 0 Å². The molecule has 5 atom stereocenters. The minimum absolute atomic E-state index is 0.0650. The molecule has 0 radical (unpaired) electrons. The van der Waals surface area contributed by atoms with E-state index in [1.165, 1.54) is 0 Å². The van der Waals surface area contributed by atoms with Crippen LogP contribution in [0.2, 0.25) is 0 Å². The van der Waals surface area contributed by atoms with E-state index in [1.54, 1.807) is 13.8 Å². The Bertz CT molecular complexity index is 534. The Labute approximate surface area is 122 Å². The first-order chi connectivity index (χ1) is 9.89. The van der Waals surface area contributed by atoms with Crippen molar-refractivity contribution < 1.29 is 28.6 Å². The van der Waals surface area contributed by atoms with Gasteiger partial charge in [-0.25, -0.2) is 4.79 Å². The third kappa shape index (κ3) is 1.88. The average molecular weight is 294 g/mol. The summed E-state index contributed by atoms with van der Waals surface area (Å²) in [5.74, 6) is -2.80. The molecule has 21 heavy (non-hydrogen) atoms. The standard InChI is InChI=1S/C15H18O6/c1-4-19-14(18)11-10-8-5-15(11,21-12(16)7(2)3)6-9(8)20-13(10)17/h8-11H,2,4-6H2,1,3H3. The van der Waals surface area contributed by atoms with Crippen LogP contribution in [0, 0.1) is 17.8 Å². The summed E-state index contributed by atoms with van der Waals surface area (Å²) in [6.07, 6.45) is 0.574. The predicted octanol–water partition coefficient (Wildman–Crippen LogP) is 0.989. The summed E-state index contributed by atoms with van der Waals surface area (Å²) < 4.78 is 16.0. The molecule has 1 saturated heterocycles. The number of rotatable bonds is 4. The molecule has 1 aliphatic heterocycles. The van der Waals surface area contributed by atoms with Gasteiger partial charge >= 0.3 is 17.9 Å². The van der Waals surface area contributed by atoms with E-state index < -0.39 is 29.4 Å². The second-order valence-corrected chi connectivity index (χ2v) is 6.04.